The van der Waals surface area contributed by atoms with Gasteiger partial charge in [-0.1, -0.05) is 12.8 Å². The van der Waals surface area contributed by atoms with Gasteiger partial charge in [-0.05, 0) is 12.8 Å². The first kappa shape index (κ1) is 11.4. The first-order valence-electron chi connectivity index (χ1n) is 4.48. The van der Waals surface area contributed by atoms with E-state index >= 15 is 0 Å². The summed E-state index contributed by atoms with van der Waals surface area (Å²) < 4.78 is 38.7. The Hall–Kier alpha value is -0.650. The van der Waals surface area contributed by atoms with Crippen LogP contribution in [-0.4, -0.2) is 26.7 Å². The normalized spacial score (nSPS) is 28.4. The average molecular weight is 224 g/mol. The molecule has 1 saturated carbocycles. The fourth-order valence-corrected chi connectivity index (χ4v) is 2.94. The minimum atomic E-state index is -4.63. The molecule has 1 aliphatic carbocycles. The standard InChI is InChI=1S/C8H13FO4S/c1-13-8(10)6-4-2-3-5-7(6)14(9,11)12/h6-7H,2-5H2,1H3/t6-,7+/m1/s1. The van der Waals surface area contributed by atoms with Crippen molar-refractivity contribution in [2.24, 2.45) is 5.92 Å². The molecule has 0 unspecified atom stereocenters. The Morgan fingerprint density at radius 2 is 1.93 bits per heavy atom. The molecule has 0 aromatic heterocycles. The van der Waals surface area contributed by atoms with E-state index in [1.807, 2.05) is 0 Å². The van der Waals surface area contributed by atoms with E-state index in [4.69, 9.17) is 0 Å². The van der Waals surface area contributed by atoms with Crippen molar-refractivity contribution in [2.45, 2.75) is 30.9 Å². The highest BCUT2D eigenvalue weighted by molar-refractivity contribution is 7.87. The highest BCUT2D eigenvalue weighted by Crippen LogP contribution is 2.31. The van der Waals surface area contributed by atoms with E-state index in [9.17, 15) is 17.1 Å². The third-order valence-electron chi connectivity index (χ3n) is 2.57. The van der Waals surface area contributed by atoms with Crippen LogP contribution in [0, 0.1) is 5.92 Å². The van der Waals surface area contributed by atoms with E-state index in [-0.39, 0.29) is 6.42 Å². The van der Waals surface area contributed by atoms with E-state index in [0.717, 1.165) is 6.42 Å². The zero-order valence-electron chi connectivity index (χ0n) is 7.90. The van der Waals surface area contributed by atoms with Crippen molar-refractivity contribution in [1.82, 2.24) is 0 Å². The monoisotopic (exact) mass is 224 g/mol. The van der Waals surface area contributed by atoms with Crippen LogP contribution >= 0.6 is 0 Å². The van der Waals surface area contributed by atoms with Crippen molar-refractivity contribution in [3.05, 3.63) is 0 Å². The molecule has 14 heavy (non-hydrogen) atoms. The van der Waals surface area contributed by atoms with Crippen molar-refractivity contribution in [3.63, 3.8) is 0 Å². The van der Waals surface area contributed by atoms with Crippen molar-refractivity contribution >= 4 is 16.2 Å². The molecule has 0 aliphatic heterocycles. The van der Waals surface area contributed by atoms with Gasteiger partial charge in [0.25, 0.3) is 0 Å². The molecule has 1 aliphatic rings. The summed E-state index contributed by atoms with van der Waals surface area (Å²) >= 11 is 0. The zero-order valence-corrected chi connectivity index (χ0v) is 8.72. The molecule has 6 heteroatoms. The second-order valence-electron chi connectivity index (χ2n) is 3.43. The van der Waals surface area contributed by atoms with Gasteiger partial charge in [0.05, 0.1) is 13.0 Å². The Morgan fingerprint density at radius 3 is 2.43 bits per heavy atom. The second kappa shape index (κ2) is 4.25. The molecule has 0 saturated heterocycles. The number of hydrogen-bond donors (Lipinski definition) is 0. The molecule has 1 fully saturated rings. The summed E-state index contributed by atoms with van der Waals surface area (Å²) in [6, 6.07) is 0. The van der Waals surface area contributed by atoms with Crippen LogP contribution in [0.1, 0.15) is 25.7 Å². The van der Waals surface area contributed by atoms with Crippen molar-refractivity contribution < 1.29 is 21.8 Å². The van der Waals surface area contributed by atoms with Gasteiger partial charge in [0, 0.05) is 0 Å². The van der Waals surface area contributed by atoms with E-state index in [0.29, 0.717) is 12.8 Å². The summed E-state index contributed by atoms with van der Waals surface area (Å²) in [7, 11) is -3.45. The molecule has 0 heterocycles. The summed E-state index contributed by atoms with van der Waals surface area (Å²) in [6.45, 7) is 0. The molecule has 0 radical (unpaired) electrons. The maximum Gasteiger partial charge on any atom is 0.310 e. The van der Waals surface area contributed by atoms with Crippen molar-refractivity contribution in [1.29, 1.82) is 0 Å². The number of halogens is 1. The van der Waals surface area contributed by atoms with Crippen LogP contribution < -0.4 is 0 Å². The minimum absolute atomic E-state index is 0.207. The molecule has 82 valence electrons. The summed E-state index contributed by atoms with van der Waals surface area (Å²) in [5, 5.41) is -1.20. The summed E-state index contributed by atoms with van der Waals surface area (Å²) in [6.07, 6.45) is 1.98. The topological polar surface area (TPSA) is 60.4 Å². The van der Waals surface area contributed by atoms with Crippen molar-refractivity contribution in [3.8, 4) is 0 Å². The predicted molar refractivity (Wildman–Crippen MR) is 47.8 cm³/mol. The van der Waals surface area contributed by atoms with E-state index in [2.05, 4.69) is 4.74 Å². The van der Waals surface area contributed by atoms with Gasteiger partial charge in [0.15, 0.2) is 0 Å². The van der Waals surface area contributed by atoms with Gasteiger partial charge in [-0.25, -0.2) is 0 Å². The lowest BCUT2D eigenvalue weighted by Crippen LogP contribution is -2.36. The molecule has 0 spiro atoms. The molecule has 0 N–H and O–H groups in total. The van der Waals surface area contributed by atoms with Gasteiger partial charge in [0.2, 0.25) is 0 Å². The Morgan fingerprint density at radius 1 is 1.36 bits per heavy atom. The highest BCUT2D eigenvalue weighted by Gasteiger charge is 2.40. The van der Waals surface area contributed by atoms with E-state index in [1.54, 1.807) is 0 Å². The second-order valence-corrected chi connectivity index (χ2v) is 4.98. The van der Waals surface area contributed by atoms with Gasteiger partial charge in [-0.15, -0.1) is 3.89 Å². The molecule has 0 amide bonds. The van der Waals surface area contributed by atoms with Gasteiger partial charge < -0.3 is 4.74 Å². The van der Waals surface area contributed by atoms with Crippen molar-refractivity contribution in [2.75, 3.05) is 7.11 Å². The van der Waals surface area contributed by atoms with Gasteiger partial charge in [0.1, 0.15) is 5.25 Å². The first-order valence-corrected chi connectivity index (χ1v) is 5.93. The third kappa shape index (κ3) is 2.43. The molecule has 1 rings (SSSR count). The maximum absolute atomic E-state index is 12.8. The van der Waals surface area contributed by atoms with Crippen LogP contribution in [0.5, 0.6) is 0 Å². The number of methoxy groups -OCH3 is 1. The smallest absolute Gasteiger partial charge is 0.310 e. The zero-order chi connectivity index (χ0) is 10.8. The molecule has 0 bridgehead atoms. The largest absolute Gasteiger partial charge is 0.469 e. The van der Waals surface area contributed by atoms with Gasteiger partial charge in [-0.2, -0.15) is 8.42 Å². The lowest BCUT2D eigenvalue weighted by atomic mass is 9.89. The van der Waals surface area contributed by atoms with Crippen LogP contribution in [0.25, 0.3) is 0 Å². The number of esters is 1. The maximum atomic E-state index is 12.8. The van der Waals surface area contributed by atoms with Crippen LogP contribution in [0.4, 0.5) is 3.89 Å². The molecule has 0 aromatic rings. The van der Waals surface area contributed by atoms with Crippen LogP contribution in [-0.2, 0) is 19.8 Å². The van der Waals surface area contributed by atoms with Crippen LogP contribution in [0.15, 0.2) is 0 Å². The van der Waals surface area contributed by atoms with E-state index in [1.165, 1.54) is 7.11 Å². The molecule has 4 nitrogen and oxygen atoms in total. The third-order valence-corrected chi connectivity index (χ3v) is 3.86. The Kier molecular flexibility index (Phi) is 3.47. The van der Waals surface area contributed by atoms with Crippen LogP contribution in [0.3, 0.4) is 0 Å². The van der Waals surface area contributed by atoms with E-state index < -0.39 is 27.4 Å². The molecular weight excluding hydrogens is 211 g/mol. The summed E-state index contributed by atoms with van der Waals surface area (Å²) in [4.78, 5) is 11.2. The highest BCUT2D eigenvalue weighted by atomic mass is 32.3. The summed E-state index contributed by atoms with van der Waals surface area (Å²) in [5.74, 6) is -1.46. The van der Waals surface area contributed by atoms with Crippen LogP contribution in [0.2, 0.25) is 0 Å². The number of carbonyl (C=O) groups excluding carboxylic acids is 1. The SMILES string of the molecule is COC(=O)[C@@H]1CCCC[C@@H]1S(=O)(=O)F. The molecular formula is C8H13FO4S. The van der Waals surface area contributed by atoms with Gasteiger partial charge in [-0.3, -0.25) is 4.79 Å². The minimum Gasteiger partial charge on any atom is -0.469 e. The first-order chi connectivity index (χ1) is 6.46. The molecule has 0 aromatic carbocycles. The lowest BCUT2D eigenvalue weighted by molar-refractivity contribution is -0.146. The number of ether oxygens (including phenoxy) is 1. The lowest BCUT2D eigenvalue weighted by Gasteiger charge is -2.25. The van der Waals surface area contributed by atoms with Gasteiger partial charge >= 0.3 is 16.2 Å². The number of hydrogen-bond acceptors (Lipinski definition) is 4. The fraction of sp³-hybridized carbons (Fsp3) is 0.875. The Bertz CT molecular complexity index is 311. The fourth-order valence-electron chi connectivity index (χ4n) is 1.85. The number of carbonyl (C=O) groups is 1. The Labute approximate surface area is 82.6 Å². The predicted octanol–water partition coefficient (Wildman–Crippen LogP) is 1.02. The Balaban J connectivity index is 2.85. The average Bonchev–Trinajstić information content (AvgIpc) is 2.15. The number of rotatable bonds is 2. The summed E-state index contributed by atoms with van der Waals surface area (Å²) in [5.41, 5.74) is 0. The molecule has 2 atom stereocenters. The quantitative estimate of drug-likeness (QED) is 0.519.